The van der Waals surface area contributed by atoms with Gasteiger partial charge < -0.3 is 4.74 Å². The van der Waals surface area contributed by atoms with E-state index in [2.05, 4.69) is 20.1 Å². The van der Waals surface area contributed by atoms with Crippen LogP contribution >= 0.6 is 11.6 Å². The molecular formula is C17H12ClN5O. The molecule has 0 spiro atoms. The van der Waals surface area contributed by atoms with Gasteiger partial charge in [-0.1, -0.05) is 17.7 Å². The Morgan fingerprint density at radius 3 is 2.79 bits per heavy atom. The van der Waals surface area contributed by atoms with Gasteiger partial charge in [-0.2, -0.15) is 10.1 Å². The van der Waals surface area contributed by atoms with E-state index in [-0.39, 0.29) is 0 Å². The van der Waals surface area contributed by atoms with E-state index in [0.717, 1.165) is 5.69 Å². The summed E-state index contributed by atoms with van der Waals surface area (Å²) in [5.74, 6) is 1.64. The molecule has 1 aromatic carbocycles. The minimum atomic E-state index is 0.443. The Balaban J connectivity index is 1.85. The zero-order valence-corrected chi connectivity index (χ0v) is 13.5. The van der Waals surface area contributed by atoms with Crippen molar-refractivity contribution in [1.29, 1.82) is 0 Å². The first kappa shape index (κ1) is 14.6. The minimum absolute atomic E-state index is 0.443. The summed E-state index contributed by atoms with van der Waals surface area (Å²) in [5.41, 5.74) is 1.48. The van der Waals surface area contributed by atoms with Gasteiger partial charge in [-0.25, -0.2) is 9.67 Å². The number of aromatic nitrogens is 5. The highest BCUT2D eigenvalue weighted by molar-refractivity contribution is 6.30. The number of hydrogen-bond acceptors (Lipinski definition) is 5. The van der Waals surface area contributed by atoms with Crippen molar-refractivity contribution in [2.24, 2.45) is 0 Å². The molecule has 0 aliphatic rings. The Morgan fingerprint density at radius 2 is 2.00 bits per heavy atom. The third-order valence-electron chi connectivity index (χ3n) is 3.41. The summed E-state index contributed by atoms with van der Waals surface area (Å²) < 4.78 is 7.57. The largest absolute Gasteiger partial charge is 0.436 e. The standard InChI is InChI=1S/C17H12ClN5O/c1-11-21-16-15(17(22-11)24-14-6-3-7-19-9-14)10-20-23(16)13-5-2-4-12(18)8-13/h2-10H,1H3. The normalized spacial score (nSPS) is 10.9. The number of aryl methyl sites for hydroxylation is 1. The number of halogens is 1. The van der Waals surface area contributed by atoms with Crippen LogP contribution in [0.25, 0.3) is 16.7 Å². The van der Waals surface area contributed by atoms with Crippen molar-refractivity contribution in [2.75, 3.05) is 0 Å². The first-order valence-corrected chi connectivity index (χ1v) is 7.65. The van der Waals surface area contributed by atoms with Crippen LogP contribution in [0.5, 0.6) is 11.6 Å². The Hall–Kier alpha value is -2.99. The minimum Gasteiger partial charge on any atom is -0.436 e. The third-order valence-corrected chi connectivity index (χ3v) is 3.64. The quantitative estimate of drug-likeness (QED) is 0.566. The lowest BCUT2D eigenvalue weighted by atomic mass is 10.3. The Bertz CT molecular complexity index is 1020. The van der Waals surface area contributed by atoms with Crippen molar-refractivity contribution in [3.05, 3.63) is 65.8 Å². The van der Waals surface area contributed by atoms with Gasteiger partial charge in [0, 0.05) is 11.2 Å². The maximum Gasteiger partial charge on any atom is 0.233 e. The molecule has 3 heterocycles. The number of benzene rings is 1. The predicted octanol–water partition coefficient (Wildman–Crippen LogP) is 3.96. The number of pyridine rings is 1. The third kappa shape index (κ3) is 2.68. The summed E-state index contributed by atoms with van der Waals surface area (Å²) in [6.07, 6.45) is 5.00. The van der Waals surface area contributed by atoms with Crippen LogP contribution in [0, 0.1) is 6.92 Å². The van der Waals surface area contributed by atoms with Gasteiger partial charge in [-0.3, -0.25) is 4.98 Å². The van der Waals surface area contributed by atoms with Crippen LogP contribution in [0.2, 0.25) is 5.02 Å². The molecule has 24 heavy (non-hydrogen) atoms. The van der Waals surface area contributed by atoms with Gasteiger partial charge in [0.1, 0.15) is 17.0 Å². The summed E-state index contributed by atoms with van der Waals surface area (Å²) in [6, 6.07) is 11.0. The van der Waals surface area contributed by atoms with Crippen molar-refractivity contribution in [3.8, 4) is 17.3 Å². The Morgan fingerprint density at radius 1 is 1.08 bits per heavy atom. The van der Waals surface area contributed by atoms with E-state index in [4.69, 9.17) is 16.3 Å². The van der Waals surface area contributed by atoms with Crippen molar-refractivity contribution in [3.63, 3.8) is 0 Å². The SMILES string of the molecule is Cc1nc(Oc2cccnc2)c2cnn(-c3cccc(Cl)c3)c2n1. The molecule has 0 radical (unpaired) electrons. The number of rotatable bonds is 3. The molecule has 7 heteroatoms. The molecule has 6 nitrogen and oxygen atoms in total. The van der Waals surface area contributed by atoms with E-state index >= 15 is 0 Å². The van der Waals surface area contributed by atoms with Crippen LogP contribution < -0.4 is 4.74 Å². The fourth-order valence-electron chi connectivity index (χ4n) is 2.38. The van der Waals surface area contributed by atoms with Crippen LogP contribution in [0.4, 0.5) is 0 Å². The average Bonchev–Trinajstić information content (AvgIpc) is 2.99. The van der Waals surface area contributed by atoms with Gasteiger partial charge in [-0.15, -0.1) is 0 Å². The Labute approximate surface area is 142 Å². The maximum absolute atomic E-state index is 6.08. The van der Waals surface area contributed by atoms with Gasteiger partial charge in [0.15, 0.2) is 5.65 Å². The monoisotopic (exact) mass is 337 g/mol. The van der Waals surface area contributed by atoms with E-state index in [9.17, 15) is 0 Å². The predicted molar refractivity (Wildman–Crippen MR) is 90.7 cm³/mol. The second kappa shape index (κ2) is 5.90. The van der Waals surface area contributed by atoms with Gasteiger partial charge in [-0.05, 0) is 37.3 Å². The molecule has 4 rings (SSSR count). The molecule has 0 atom stereocenters. The molecule has 118 valence electrons. The van der Waals surface area contributed by atoms with Gasteiger partial charge in [0.05, 0.1) is 18.1 Å². The lowest BCUT2D eigenvalue weighted by Crippen LogP contribution is -2.00. The molecule has 0 saturated heterocycles. The lowest BCUT2D eigenvalue weighted by Gasteiger charge is -2.07. The van der Waals surface area contributed by atoms with E-state index in [1.54, 1.807) is 29.3 Å². The molecule has 0 unspecified atom stereocenters. The molecule has 0 aliphatic carbocycles. The fraction of sp³-hybridized carbons (Fsp3) is 0.0588. The second-order valence-corrected chi connectivity index (χ2v) is 5.58. The first-order valence-electron chi connectivity index (χ1n) is 7.27. The van der Waals surface area contributed by atoms with Crippen LogP contribution in [-0.4, -0.2) is 24.7 Å². The zero-order chi connectivity index (χ0) is 16.5. The summed E-state index contributed by atoms with van der Waals surface area (Å²) in [5, 5.41) is 5.76. The fourth-order valence-corrected chi connectivity index (χ4v) is 2.56. The van der Waals surface area contributed by atoms with Crippen molar-refractivity contribution >= 4 is 22.6 Å². The lowest BCUT2D eigenvalue weighted by molar-refractivity contribution is 0.464. The number of ether oxygens (including phenoxy) is 1. The van der Waals surface area contributed by atoms with Crippen LogP contribution in [0.3, 0.4) is 0 Å². The van der Waals surface area contributed by atoms with Crippen LogP contribution in [0.15, 0.2) is 55.0 Å². The highest BCUT2D eigenvalue weighted by atomic mass is 35.5. The smallest absolute Gasteiger partial charge is 0.233 e. The van der Waals surface area contributed by atoms with Crippen molar-refractivity contribution in [1.82, 2.24) is 24.7 Å². The number of nitrogens with zero attached hydrogens (tertiary/aromatic N) is 5. The average molecular weight is 338 g/mol. The summed E-state index contributed by atoms with van der Waals surface area (Å²) in [6.45, 7) is 1.81. The van der Waals surface area contributed by atoms with E-state index < -0.39 is 0 Å². The molecule has 4 aromatic rings. The molecule has 3 aromatic heterocycles. The van der Waals surface area contributed by atoms with Crippen LogP contribution in [0.1, 0.15) is 5.82 Å². The molecule has 0 aliphatic heterocycles. The highest BCUT2D eigenvalue weighted by Crippen LogP contribution is 2.28. The zero-order valence-electron chi connectivity index (χ0n) is 12.7. The van der Waals surface area contributed by atoms with Gasteiger partial charge >= 0.3 is 0 Å². The molecule has 0 fully saturated rings. The molecule has 0 amide bonds. The second-order valence-electron chi connectivity index (χ2n) is 5.14. The molecule has 0 N–H and O–H groups in total. The molecule has 0 bridgehead atoms. The van der Waals surface area contributed by atoms with Gasteiger partial charge in [0.2, 0.25) is 5.88 Å². The maximum atomic E-state index is 6.08. The highest BCUT2D eigenvalue weighted by Gasteiger charge is 2.14. The summed E-state index contributed by atoms with van der Waals surface area (Å²) >= 11 is 6.08. The summed E-state index contributed by atoms with van der Waals surface area (Å²) in [4.78, 5) is 12.9. The number of fused-ring (bicyclic) bond motifs is 1. The molecule has 0 saturated carbocycles. The van der Waals surface area contributed by atoms with Crippen molar-refractivity contribution < 1.29 is 4.74 Å². The number of hydrogen-bond donors (Lipinski definition) is 0. The van der Waals surface area contributed by atoms with E-state index in [1.807, 2.05) is 37.3 Å². The first-order chi connectivity index (χ1) is 11.7. The Kier molecular flexibility index (Phi) is 3.59. The van der Waals surface area contributed by atoms with Crippen LogP contribution in [-0.2, 0) is 0 Å². The molecular weight excluding hydrogens is 326 g/mol. The summed E-state index contributed by atoms with van der Waals surface area (Å²) in [7, 11) is 0. The van der Waals surface area contributed by atoms with E-state index in [1.165, 1.54) is 0 Å². The van der Waals surface area contributed by atoms with Gasteiger partial charge in [0.25, 0.3) is 0 Å². The topological polar surface area (TPSA) is 65.7 Å². The van der Waals surface area contributed by atoms with E-state index in [0.29, 0.717) is 33.5 Å². The van der Waals surface area contributed by atoms with Crippen molar-refractivity contribution in [2.45, 2.75) is 6.92 Å².